The highest BCUT2D eigenvalue weighted by Gasteiger charge is 2.30. The number of thiophene rings is 1. The molecule has 26 heavy (non-hydrogen) atoms. The highest BCUT2D eigenvalue weighted by atomic mass is 32.1. The summed E-state index contributed by atoms with van der Waals surface area (Å²) in [5.41, 5.74) is -0.990. The molecule has 1 aromatic heterocycles. The van der Waals surface area contributed by atoms with E-state index in [2.05, 4.69) is 15.4 Å². The number of carbonyl (C=O) groups is 3. The van der Waals surface area contributed by atoms with E-state index in [0.717, 1.165) is 18.2 Å². The number of benzene rings is 1. The number of hydrogen-bond donors (Lipinski definition) is 2. The number of hydrogen-bond acceptors (Lipinski definition) is 5. The van der Waals surface area contributed by atoms with Crippen molar-refractivity contribution in [2.75, 3.05) is 18.5 Å². The van der Waals surface area contributed by atoms with Crippen LogP contribution in [0.25, 0.3) is 0 Å². The van der Waals surface area contributed by atoms with Crippen LogP contribution < -0.4 is 10.6 Å². The molecule has 2 N–H and O–H groups in total. The van der Waals surface area contributed by atoms with E-state index < -0.39 is 42.7 Å². The lowest BCUT2D eigenvalue weighted by atomic mass is 10.2. The van der Waals surface area contributed by atoms with Gasteiger partial charge < -0.3 is 15.4 Å². The third-order valence-corrected chi connectivity index (χ3v) is 3.84. The molecule has 2 amide bonds. The largest absolute Gasteiger partial charge is 0.454 e. The van der Waals surface area contributed by atoms with Crippen LogP contribution in [0.2, 0.25) is 0 Å². The summed E-state index contributed by atoms with van der Waals surface area (Å²) in [6, 6.07) is 7.30. The first-order chi connectivity index (χ1) is 12.3. The molecule has 0 saturated heterocycles. The summed E-state index contributed by atoms with van der Waals surface area (Å²) in [4.78, 5) is 35.2. The third-order valence-electron chi connectivity index (χ3n) is 2.98. The van der Waals surface area contributed by atoms with Crippen LogP contribution in [-0.4, -0.2) is 30.9 Å². The zero-order valence-corrected chi connectivity index (χ0v) is 13.9. The van der Waals surface area contributed by atoms with Gasteiger partial charge in [-0.2, -0.15) is 13.2 Å². The predicted octanol–water partition coefficient (Wildman–Crippen LogP) is 2.68. The van der Waals surface area contributed by atoms with Gasteiger partial charge in [0.25, 0.3) is 11.8 Å². The summed E-state index contributed by atoms with van der Waals surface area (Å²) < 4.78 is 42.4. The molecular formula is C16H13F3N2O4S. The molecule has 0 radical (unpaired) electrons. The number of nitrogens with one attached hydrogen (secondary N) is 2. The molecule has 10 heteroatoms. The highest BCUT2D eigenvalue weighted by molar-refractivity contribution is 7.12. The minimum atomic E-state index is -4.53. The second-order valence-electron chi connectivity index (χ2n) is 4.95. The molecule has 1 aromatic carbocycles. The number of carbonyl (C=O) groups excluding carboxylic acids is 3. The molecule has 0 fully saturated rings. The summed E-state index contributed by atoms with van der Waals surface area (Å²) in [5, 5.41) is 6.22. The van der Waals surface area contributed by atoms with Crippen molar-refractivity contribution in [3.8, 4) is 0 Å². The maximum Gasteiger partial charge on any atom is 0.416 e. The predicted molar refractivity (Wildman–Crippen MR) is 87.7 cm³/mol. The molecule has 0 spiro atoms. The molecule has 0 aliphatic carbocycles. The van der Waals surface area contributed by atoms with Gasteiger partial charge in [0.05, 0.1) is 10.4 Å². The van der Waals surface area contributed by atoms with Gasteiger partial charge in [-0.1, -0.05) is 12.1 Å². The standard InChI is InChI=1S/C16H13F3N2O4S/c17-16(18,19)10-3-1-4-11(7-10)21-13(22)9-25-14(23)8-20-15(24)12-5-2-6-26-12/h1-7H,8-9H2,(H,20,24)(H,21,22). The summed E-state index contributed by atoms with van der Waals surface area (Å²) in [5.74, 6) is -2.11. The zero-order valence-electron chi connectivity index (χ0n) is 13.1. The lowest BCUT2D eigenvalue weighted by molar-refractivity contribution is -0.146. The molecule has 0 saturated carbocycles. The van der Waals surface area contributed by atoms with Gasteiger partial charge in [-0.15, -0.1) is 11.3 Å². The number of anilines is 1. The van der Waals surface area contributed by atoms with E-state index in [9.17, 15) is 27.6 Å². The van der Waals surface area contributed by atoms with Crippen molar-refractivity contribution >= 4 is 34.8 Å². The summed E-state index contributed by atoms with van der Waals surface area (Å²) in [6.07, 6.45) is -4.53. The van der Waals surface area contributed by atoms with Gasteiger partial charge in [0.1, 0.15) is 6.54 Å². The van der Waals surface area contributed by atoms with Crippen molar-refractivity contribution in [2.24, 2.45) is 0 Å². The third kappa shape index (κ3) is 5.88. The molecular weight excluding hydrogens is 373 g/mol. The van der Waals surface area contributed by atoms with Crippen molar-refractivity contribution in [3.05, 3.63) is 52.2 Å². The van der Waals surface area contributed by atoms with Gasteiger partial charge in [0.2, 0.25) is 0 Å². The average Bonchev–Trinajstić information content (AvgIpc) is 3.12. The highest BCUT2D eigenvalue weighted by Crippen LogP contribution is 2.30. The van der Waals surface area contributed by atoms with E-state index in [1.54, 1.807) is 17.5 Å². The van der Waals surface area contributed by atoms with Crippen LogP contribution in [0.4, 0.5) is 18.9 Å². The van der Waals surface area contributed by atoms with Gasteiger partial charge in [-0.05, 0) is 29.6 Å². The van der Waals surface area contributed by atoms with Gasteiger partial charge in [-0.3, -0.25) is 14.4 Å². The minimum absolute atomic E-state index is 0.0770. The van der Waals surface area contributed by atoms with E-state index in [1.165, 1.54) is 17.4 Å². The number of alkyl halides is 3. The van der Waals surface area contributed by atoms with Crippen LogP contribution in [0.5, 0.6) is 0 Å². The van der Waals surface area contributed by atoms with Crippen LogP contribution in [0.15, 0.2) is 41.8 Å². The Labute approximate surface area is 150 Å². The first-order valence-corrected chi connectivity index (χ1v) is 8.08. The van der Waals surface area contributed by atoms with Crippen LogP contribution in [-0.2, 0) is 20.5 Å². The molecule has 0 bridgehead atoms. The Hall–Kier alpha value is -2.88. The van der Waals surface area contributed by atoms with E-state index >= 15 is 0 Å². The fourth-order valence-corrected chi connectivity index (χ4v) is 2.45. The van der Waals surface area contributed by atoms with E-state index in [0.29, 0.717) is 4.88 Å². The van der Waals surface area contributed by atoms with E-state index in [4.69, 9.17) is 0 Å². The quantitative estimate of drug-likeness (QED) is 0.748. The zero-order chi connectivity index (χ0) is 19.2. The van der Waals surface area contributed by atoms with Crippen molar-refractivity contribution < 1.29 is 32.3 Å². The Morgan fingerprint density at radius 2 is 1.88 bits per heavy atom. The SMILES string of the molecule is O=C(COC(=O)CNC(=O)c1cccs1)Nc1cccc(C(F)(F)F)c1. The first-order valence-electron chi connectivity index (χ1n) is 7.20. The first kappa shape index (κ1) is 19.4. The maximum atomic E-state index is 12.6. The molecule has 0 aliphatic heterocycles. The molecule has 138 valence electrons. The van der Waals surface area contributed by atoms with Gasteiger partial charge >= 0.3 is 12.1 Å². The van der Waals surface area contributed by atoms with Crippen molar-refractivity contribution in [1.82, 2.24) is 5.32 Å². The Morgan fingerprint density at radius 3 is 2.54 bits per heavy atom. The second kappa shape index (κ2) is 8.48. The average molecular weight is 386 g/mol. The summed E-state index contributed by atoms with van der Waals surface area (Å²) >= 11 is 1.20. The molecule has 0 atom stereocenters. The lowest BCUT2D eigenvalue weighted by Gasteiger charge is -2.10. The second-order valence-corrected chi connectivity index (χ2v) is 5.90. The minimum Gasteiger partial charge on any atom is -0.454 e. The topological polar surface area (TPSA) is 84.5 Å². The molecule has 2 rings (SSSR count). The Bertz CT molecular complexity index is 791. The molecule has 0 aliphatic rings. The normalized spacial score (nSPS) is 10.9. The van der Waals surface area contributed by atoms with Crippen molar-refractivity contribution in [1.29, 1.82) is 0 Å². The van der Waals surface area contributed by atoms with Crippen LogP contribution in [0.1, 0.15) is 15.2 Å². The monoisotopic (exact) mass is 386 g/mol. The Balaban J connectivity index is 1.76. The molecule has 2 aromatic rings. The number of amides is 2. The molecule has 6 nitrogen and oxygen atoms in total. The van der Waals surface area contributed by atoms with Crippen LogP contribution in [0, 0.1) is 0 Å². The van der Waals surface area contributed by atoms with Crippen molar-refractivity contribution in [2.45, 2.75) is 6.18 Å². The summed E-state index contributed by atoms with van der Waals surface area (Å²) in [7, 11) is 0. The Kier molecular flexibility index (Phi) is 6.34. The van der Waals surface area contributed by atoms with Crippen molar-refractivity contribution in [3.63, 3.8) is 0 Å². The van der Waals surface area contributed by atoms with Gasteiger partial charge in [0, 0.05) is 5.69 Å². The van der Waals surface area contributed by atoms with E-state index in [-0.39, 0.29) is 5.69 Å². The number of esters is 1. The maximum absolute atomic E-state index is 12.6. The van der Waals surface area contributed by atoms with Crippen LogP contribution in [0.3, 0.4) is 0 Å². The fraction of sp³-hybridized carbons (Fsp3) is 0.188. The van der Waals surface area contributed by atoms with Gasteiger partial charge in [-0.25, -0.2) is 0 Å². The van der Waals surface area contributed by atoms with Gasteiger partial charge in [0.15, 0.2) is 6.61 Å². The van der Waals surface area contributed by atoms with E-state index in [1.807, 2.05) is 0 Å². The molecule has 0 unspecified atom stereocenters. The number of ether oxygens (including phenoxy) is 1. The smallest absolute Gasteiger partial charge is 0.416 e. The number of rotatable bonds is 6. The molecule has 1 heterocycles. The fourth-order valence-electron chi connectivity index (χ4n) is 1.81. The Morgan fingerprint density at radius 1 is 1.12 bits per heavy atom. The summed E-state index contributed by atoms with van der Waals surface area (Å²) in [6.45, 7) is -1.13. The lowest BCUT2D eigenvalue weighted by Crippen LogP contribution is -2.31. The number of halogens is 3. The van der Waals surface area contributed by atoms with Crippen LogP contribution >= 0.6 is 11.3 Å².